The molecule has 6 nitrogen and oxygen atoms in total. The third kappa shape index (κ3) is 6.06. The number of nitrogens with one attached hydrogen (secondary N) is 3. The molecule has 2 aromatic rings. The molecule has 3 fully saturated rings. The molecule has 1 saturated heterocycles. The number of rotatable bonds is 7. The molecular weight excluding hydrogens is 498 g/mol. The summed E-state index contributed by atoms with van der Waals surface area (Å²) >= 11 is 0. The van der Waals surface area contributed by atoms with Crippen molar-refractivity contribution in [1.29, 1.82) is 0 Å². The summed E-state index contributed by atoms with van der Waals surface area (Å²) < 4.78 is 56.1. The second kappa shape index (κ2) is 10.7. The normalized spacial score (nSPS) is 26.7. The molecule has 206 valence electrons. The highest BCUT2D eigenvalue weighted by Crippen LogP contribution is 2.39. The SMILES string of the molecule is C=C(c1nc(NC2CCC(NC(=O)C3CC3)CC2)cc2c(N[C@@H]3CCN(C)CC3F)cccc12)C(F)(F)F. The van der Waals surface area contributed by atoms with Crippen molar-refractivity contribution >= 4 is 33.8 Å². The Morgan fingerprint density at radius 1 is 1.03 bits per heavy atom. The first-order valence-electron chi connectivity index (χ1n) is 13.4. The summed E-state index contributed by atoms with van der Waals surface area (Å²) in [4.78, 5) is 18.4. The minimum Gasteiger partial charge on any atom is -0.379 e. The number of pyridine rings is 1. The minimum atomic E-state index is -4.64. The van der Waals surface area contributed by atoms with Crippen LogP contribution >= 0.6 is 0 Å². The number of carbonyl (C=O) groups is 1. The fraction of sp³-hybridized carbons (Fsp3) is 0.571. The van der Waals surface area contributed by atoms with Crippen molar-refractivity contribution in [3.8, 4) is 0 Å². The number of likely N-dealkylation sites (tertiary alicyclic amines) is 1. The number of benzene rings is 1. The van der Waals surface area contributed by atoms with Crippen LogP contribution in [0, 0.1) is 5.92 Å². The number of carbonyl (C=O) groups excluding carboxylic acids is 1. The molecule has 5 rings (SSSR count). The number of anilines is 2. The predicted molar refractivity (Wildman–Crippen MR) is 142 cm³/mol. The van der Waals surface area contributed by atoms with Crippen LogP contribution in [0.1, 0.15) is 50.6 Å². The lowest BCUT2D eigenvalue weighted by atomic mass is 9.91. The zero-order valence-corrected chi connectivity index (χ0v) is 21.6. The van der Waals surface area contributed by atoms with Crippen molar-refractivity contribution in [2.45, 2.75) is 75.4 Å². The highest BCUT2D eigenvalue weighted by Gasteiger charge is 2.36. The Morgan fingerprint density at radius 2 is 1.74 bits per heavy atom. The Bertz CT molecular complexity index is 1190. The second-order valence-corrected chi connectivity index (χ2v) is 11.0. The van der Waals surface area contributed by atoms with E-state index in [1.807, 2.05) is 11.9 Å². The van der Waals surface area contributed by atoms with E-state index < -0.39 is 24.0 Å². The Balaban J connectivity index is 1.39. The molecule has 2 atom stereocenters. The van der Waals surface area contributed by atoms with Gasteiger partial charge in [0.25, 0.3) is 0 Å². The number of aromatic nitrogens is 1. The number of fused-ring (bicyclic) bond motifs is 1. The molecule has 0 radical (unpaired) electrons. The van der Waals surface area contributed by atoms with Gasteiger partial charge in [-0.3, -0.25) is 4.79 Å². The van der Waals surface area contributed by atoms with Gasteiger partial charge >= 0.3 is 6.18 Å². The van der Waals surface area contributed by atoms with Crippen molar-refractivity contribution in [3.63, 3.8) is 0 Å². The van der Waals surface area contributed by atoms with Gasteiger partial charge in [-0.2, -0.15) is 13.2 Å². The first-order chi connectivity index (χ1) is 18.1. The van der Waals surface area contributed by atoms with E-state index in [1.165, 1.54) is 0 Å². The van der Waals surface area contributed by atoms with Crippen LogP contribution in [0.15, 0.2) is 30.8 Å². The van der Waals surface area contributed by atoms with Gasteiger partial charge in [-0.05, 0) is 64.1 Å². The lowest BCUT2D eigenvalue weighted by Gasteiger charge is -2.33. The molecule has 1 aromatic heterocycles. The van der Waals surface area contributed by atoms with E-state index in [4.69, 9.17) is 0 Å². The molecule has 2 saturated carbocycles. The fourth-order valence-corrected chi connectivity index (χ4v) is 5.52. The average molecular weight is 534 g/mol. The number of amides is 1. The Kier molecular flexibility index (Phi) is 7.53. The summed E-state index contributed by atoms with van der Waals surface area (Å²) in [6.45, 7) is 4.35. The number of hydrogen-bond donors (Lipinski definition) is 3. The lowest BCUT2D eigenvalue weighted by Crippen LogP contribution is -2.46. The van der Waals surface area contributed by atoms with Crippen LogP contribution in [-0.4, -0.2) is 66.4 Å². The Morgan fingerprint density at radius 3 is 2.39 bits per heavy atom. The third-order valence-corrected chi connectivity index (χ3v) is 7.96. The molecule has 38 heavy (non-hydrogen) atoms. The van der Waals surface area contributed by atoms with Gasteiger partial charge in [0.15, 0.2) is 0 Å². The summed E-state index contributed by atoms with van der Waals surface area (Å²) in [5, 5.41) is 10.6. The minimum absolute atomic E-state index is 0.0188. The molecule has 1 aliphatic heterocycles. The predicted octanol–water partition coefficient (Wildman–Crippen LogP) is 5.51. The zero-order valence-electron chi connectivity index (χ0n) is 21.6. The molecule has 3 aliphatic rings. The van der Waals surface area contributed by atoms with E-state index in [1.54, 1.807) is 24.3 Å². The van der Waals surface area contributed by atoms with E-state index in [-0.39, 0.29) is 29.6 Å². The average Bonchev–Trinajstić information content (AvgIpc) is 3.72. The van der Waals surface area contributed by atoms with Gasteiger partial charge in [0.05, 0.1) is 17.3 Å². The molecule has 2 heterocycles. The molecule has 1 aromatic carbocycles. The van der Waals surface area contributed by atoms with Crippen molar-refractivity contribution in [3.05, 3.63) is 36.5 Å². The van der Waals surface area contributed by atoms with Crippen LogP contribution in [0.3, 0.4) is 0 Å². The number of halogens is 4. The maximum absolute atomic E-state index is 14.8. The molecule has 1 unspecified atom stereocenters. The molecule has 10 heteroatoms. The van der Waals surface area contributed by atoms with Gasteiger partial charge in [0.1, 0.15) is 12.0 Å². The van der Waals surface area contributed by atoms with Gasteiger partial charge in [0, 0.05) is 47.6 Å². The van der Waals surface area contributed by atoms with Crippen LogP contribution in [0.5, 0.6) is 0 Å². The topological polar surface area (TPSA) is 69.3 Å². The Hall–Kier alpha value is -2.88. The maximum atomic E-state index is 14.8. The summed E-state index contributed by atoms with van der Waals surface area (Å²) in [7, 11) is 1.87. The first kappa shape index (κ1) is 26.7. The van der Waals surface area contributed by atoms with Gasteiger partial charge in [-0.15, -0.1) is 0 Å². The number of alkyl halides is 4. The second-order valence-electron chi connectivity index (χ2n) is 11.0. The number of allylic oxidation sites excluding steroid dienone is 1. The molecule has 0 bridgehead atoms. The van der Waals surface area contributed by atoms with E-state index >= 15 is 0 Å². The molecular formula is C28H35F4N5O. The molecule has 1 amide bonds. The summed E-state index contributed by atoms with van der Waals surface area (Å²) in [6.07, 6.45) is -0.0910. The van der Waals surface area contributed by atoms with Gasteiger partial charge in [-0.1, -0.05) is 18.7 Å². The highest BCUT2D eigenvalue weighted by atomic mass is 19.4. The van der Waals surface area contributed by atoms with Crippen molar-refractivity contribution < 1.29 is 22.4 Å². The number of nitrogens with zero attached hydrogens (tertiary/aromatic N) is 2. The van der Waals surface area contributed by atoms with Crippen molar-refractivity contribution in [2.24, 2.45) is 5.92 Å². The highest BCUT2D eigenvalue weighted by molar-refractivity contribution is 6.01. The number of piperidine rings is 1. The Labute approximate surface area is 220 Å². The van der Waals surface area contributed by atoms with E-state index in [2.05, 4.69) is 27.5 Å². The molecule has 0 spiro atoms. The lowest BCUT2D eigenvalue weighted by molar-refractivity contribution is -0.123. The molecule has 2 aliphatic carbocycles. The summed E-state index contributed by atoms with van der Waals surface area (Å²) in [5.74, 6) is 0.628. The summed E-state index contributed by atoms with van der Waals surface area (Å²) in [5.41, 5.74) is -0.669. The van der Waals surface area contributed by atoms with Crippen LogP contribution < -0.4 is 16.0 Å². The standard InChI is InChI=1S/C28H35F4N5O/c1-16(28(30,31)32)26-20-4-3-5-23(35-24-12-13-37(2)15-22(24)29)21(20)14-25(36-26)33-18-8-10-19(11-9-18)34-27(38)17-6-7-17/h3-5,14,17-19,22,24,35H,1,6-13,15H2,2H3,(H,33,36)(H,34,38)/t18?,19?,22?,24-/m1/s1. The number of hydrogen-bond acceptors (Lipinski definition) is 5. The largest absolute Gasteiger partial charge is 0.417 e. The maximum Gasteiger partial charge on any atom is 0.417 e. The van der Waals surface area contributed by atoms with Gasteiger partial charge < -0.3 is 20.9 Å². The fourth-order valence-electron chi connectivity index (χ4n) is 5.52. The van der Waals surface area contributed by atoms with Crippen LogP contribution in [0.4, 0.5) is 29.1 Å². The van der Waals surface area contributed by atoms with Gasteiger partial charge in [0.2, 0.25) is 5.91 Å². The van der Waals surface area contributed by atoms with Crippen molar-refractivity contribution in [2.75, 3.05) is 30.8 Å². The van der Waals surface area contributed by atoms with Crippen LogP contribution in [0.2, 0.25) is 0 Å². The smallest absolute Gasteiger partial charge is 0.379 e. The first-order valence-corrected chi connectivity index (χ1v) is 13.4. The van der Waals surface area contributed by atoms with Crippen LogP contribution in [0.25, 0.3) is 16.3 Å². The molecule has 3 N–H and O–H groups in total. The summed E-state index contributed by atoms with van der Waals surface area (Å²) in [6, 6.07) is 6.48. The van der Waals surface area contributed by atoms with Gasteiger partial charge in [-0.25, -0.2) is 9.37 Å². The van der Waals surface area contributed by atoms with E-state index in [9.17, 15) is 22.4 Å². The quantitative estimate of drug-likeness (QED) is 0.410. The van der Waals surface area contributed by atoms with E-state index in [0.29, 0.717) is 35.2 Å². The zero-order chi connectivity index (χ0) is 27.0. The van der Waals surface area contributed by atoms with Crippen molar-refractivity contribution in [1.82, 2.24) is 15.2 Å². The third-order valence-electron chi connectivity index (χ3n) is 7.96. The monoisotopic (exact) mass is 533 g/mol. The van der Waals surface area contributed by atoms with Crippen LogP contribution in [-0.2, 0) is 4.79 Å². The van der Waals surface area contributed by atoms with E-state index in [0.717, 1.165) is 45.1 Å².